The van der Waals surface area contributed by atoms with Gasteiger partial charge >= 0.3 is 0 Å². The molecule has 1 aromatic carbocycles. The van der Waals surface area contributed by atoms with Crippen LogP contribution < -0.4 is 15.8 Å². The van der Waals surface area contributed by atoms with Crippen LogP contribution in [0.25, 0.3) is 22.2 Å². The predicted molar refractivity (Wildman–Crippen MR) is 110 cm³/mol. The number of para-hydroxylation sites is 1. The molecule has 29 heavy (non-hydrogen) atoms. The Bertz CT molecular complexity index is 1220. The second-order valence-electron chi connectivity index (χ2n) is 7.09. The van der Waals surface area contributed by atoms with Gasteiger partial charge in [0, 0.05) is 56.1 Å². The molecule has 5 rings (SSSR count). The number of hydrogen-bond acceptors (Lipinski definition) is 7. The first-order chi connectivity index (χ1) is 14.2. The van der Waals surface area contributed by atoms with Gasteiger partial charge in [0.2, 0.25) is 5.95 Å². The summed E-state index contributed by atoms with van der Waals surface area (Å²) < 4.78 is 7.07. The van der Waals surface area contributed by atoms with Crippen LogP contribution in [0, 0.1) is 0 Å². The summed E-state index contributed by atoms with van der Waals surface area (Å²) in [6, 6.07) is 13.1. The van der Waals surface area contributed by atoms with Crippen molar-refractivity contribution >= 4 is 16.9 Å². The SMILES string of the molecule is Cn1c(N2CCN[C@@H](c3noc4ccccc34)C2)nc(-c2ccncc2)cc1=O. The van der Waals surface area contributed by atoms with Crippen molar-refractivity contribution in [3.63, 3.8) is 0 Å². The number of nitrogens with zero attached hydrogens (tertiary/aromatic N) is 5. The lowest BCUT2D eigenvalue weighted by atomic mass is 10.1. The Hall–Kier alpha value is -3.52. The molecule has 3 aromatic heterocycles. The molecule has 0 amide bonds. The summed E-state index contributed by atoms with van der Waals surface area (Å²) in [4.78, 5) is 23.6. The van der Waals surface area contributed by atoms with E-state index in [1.807, 2.05) is 36.4 Å². The molecule has 0 bridgehead atoms. The topological polar surface area (TPSA) is 89.1 Å². The number of pyridine rings is 1. The van der Waals surface area contributed by atoms with Crippen molar-refractivity contribution in [1.82, 2.24) is 25.0 Å². The highest BCUT2D eigenvalue weighted by Crippen LogP contribution is 2.27. The summed E-state index contributed by atoms with van der Waals surface area (Å²) >= 11 is 0. The highest BCUT2D eigenvalue weighted by Gasteiger charge is 2.27. The number of hydrogen-bond donors (Lipinski definition) is 1. The van der Waals surface area contributed by atoms with Crippen molar-refractivity contribution in [1.29, 1.82) is 0 Å². The molecule has 8 heteroatoms. The zero-order valence-electron chi connectivity index (χ0n) is 15.9. The average Bonchev–Trinajstić information content (AvgIpc) is 3.20. The Balaban J connectivity index is 1.51. The van der Waals surface area contributed by atoms with Crippen LogP contribution in [0.1, 0.15) is 11.7 Å². The summed E-state index contributed by atoms with van der Waals surface area (Å²) in [6.45, 7) is 2.13. The van der Waals surface area contributed by atoms with Crippen LogP contribution in [0.4, 0.5) is 5.95 Å². The van der Waals surface area contributed by atoms with Gasteiger partial charge in [0.15, 0.2) is 5.58 Å². The van der Waals surface area contributed by atoms with Gasteiger partial charge in [-0.3, -0.25) is 14.3 Å². The number of rotatable bonds is 3. The number of piperazine rings is 1. The standard InChI is InChI=1S/C21H20N6O2/c1-26-19(28)12-16(14-6-8-22-9-7-14)24-21(26)27-11-10-23-17(13-27)20-15-4-2-3-5-18(15)29-25-20/h2-9,12,17,23H,10-11,13H2,1H3/t17-/m1/s1. The molecular formula is C21H20N6O2. The first-order valence-corrected chi connectivity index (χ1v) is 9.52. The second kappa shape index (κ2) is 7.14. The van der Waals surface area contributed by atoms with Crippen molar-refractivity contribution in [3.8, 4) is 11.3 Å². The van der Waals surface area contributed by atoms with E-state index < -0.39 is 0 Å². The molecule has 1 aliphatic rings. The summed E-state index contributed by atoms with van der Waals surface area (Å²) in [6.07, 6.45) is 3.40. The minimum absolute atomic E-state index is 0.0196. The lowest BCUT2D eigenvalue weighted by Crippen LogP contribution is -2.48. The van der Waals surface area contributed by atoms with Crippen LogP contribution >= 0.6 is 0 Å². The molecule has 0 spiro atoms. The fourth-order valence-corrected chi connectivity index (χ4v) is 3.75. The van der Waals surface area contributed by atoms with Gasteiger partial charge in [0.05, 0.1) is 11.7 Å². The maximum Gasteiger partial charge on any atom is 0.255 e. The van der Waals surface area contributed by atoms with Crippen LogP contribution in [0.3, 0.4) is 0 Å². The molecule has 4 aromatic rings. The van der Waals surface area contributed by atoms with E-state index in [1.165, 1.54) is 0 Å². The molecule has 0 unspecified atom stereocenters. The zero-order valence-corrected chi connectivity index (χ0v) is 15.9. The monoisotopic (exact) mass is 388 g/mol. The van der Waals surface area contributed by atoms with Gasteiger partial charge in [-0.2, -0.15) is 0 Å². The van der Waals surface area contributed by atoms with Crippen LogP contribution in [-0.2, 0) is 7.05 Å². The molecule has 0 aliphatic carbocycles. The third kappa shape index (κ3) is 3.17. The van der Waals surface area contributed by atoms with E-state index in [0.29, 0.717) is 18.2 Å². The molecular weight excluding hydrogens is 368 g/mol. The number of benzene rings is 1. The van der Waals surface area contributed by atoms with E-state index in [9.17, 15) is 4.79 Å². The smallest absolute Gasteiger partial charge is 0.255 e. The maximum absolute atomic E-state index is 12.6. The third-order valence-corrected chi connectivity index (χ3v) is 5.28. The molecule has 146 valence electrons. The van der Waals surface area contributed by atoms with Gasteiger partial charge in [-0.05, 0) is 24.3 Å². The fraction of sp³-hybridized carbons (Fsp3) is 0.238. The van der Waals surface area contributed by atoms with Gasteiger partial charge in [0.25, 0.3) is 5.56 Å². The van der Waals surface area contributed by atoms with Crippen molar-refractivity contribution in [3.05, 3.63) is 70.9 Å². The molecule has 1 N–H and O–H groups in total. The van der Waals surface area contributed by atoms with E-state index in [1.54, 1.807) is 30.1 Å². The fourth-order valence-electron chi connectivity index (χ4n) is 3.75. The van der Waals surface area contributed by atoms with E-state index in [-0.39, 0.29) is 11.6 Å². The Morgan fingerprint density at radius 2 is 2.00 bits per heavy atom. The normalized spacial score (nSPS) is 17.0. The molecule has 0 saturated carbocycles. The highest BCUT2D eigenvalue weighted by atomic mass is 16.5. The van der Waals surface area contributed by atoms with Crippen LogP contribution in [0.15, 0.2) is 64.2 Å². The summed E-state index contributed by atoms with van der Waals surface area (Å²) in [7, 11) is 1.75. The maximum atomic E-state index is 12.6. The van der Waals surface area contributed by atoms with Gasteiger partial charge in [0.1, 0.15) is 5.69 Å². The summed E-state index contributed by atoms with van der Waals surface area (Å²) in [5, 5.41) is 8.80. The molecule has 1 atom stereocenters. The third-order valence-electron chi connectivity index (χ3n) is 5.28. The number of nitrogens with one attached hydrogen (secondary N) is 1. The minimum atomic E-state index is -0.0937. The molecule has 4 heterocycles. The first kappa shape index (κ1) is 17.6. The Morgan fingerprint density at radius 1 is 1.17 bits per heavy atom. The van der Waals surface area contributed by atoms with Crippen LogP contribution in [0.2, 0.25) is 0 Å². The van der Waals surface area contributed by atoms with Crippen molar-refractivity contribution in [2.24, 2.45) is 7.05 Å². The number of aromatic nitrogens is 4. The van der Waals surface area contributed by atoms with E-state index >= 15 is 0 Å². The highest BCUT2D eigenvalue weighted by molar-refractivity contribution is 5.79. The first-order valence-electron chi connectivity index (χ1n) is 9.52. The lowest BCUT2D eigenvalue weighted by Gasteiger charge is -2.34. The van der Waals surface area contributed by atoms with Gasteiger partial charge in [-0.1, -0.05) is 17.3 Å². The van der Waals surface area contributed by atoms with Crippen molar-refractivity contribution in [2.45, 2.75) is 6.04 Å². The Labute approximate surface area is 166 Å². The van der Waals surface area contributed by atoms with Gasteiger partial charge in [-0.25, -0.2) is 4.98 Å². The van der Waals surface area contributed by atoms with Crippen molar-refractivity contribution < 1.29 is 4.52 Å². The largest absolute Gasteiger partial charge is 0.356 e. The van der Waals surface area contributed by atoms with E-state index in [0.717, 1.165) is 35.3 Å². The van der Waals surface area contributed by atoms with Gasteiger partial charge < -0.3 is 14.7 Å². The molecule has 1 saturated heterocycles. The average molecular weight is 388 g/mol. The quantitative estimate of drug-likeness (QED) is 0.575. The molecule has 1 aliphatic heterocycles. The summed E-state index contributed by atoms with van der Waals surface area (Å²) in [5.41, 5.74) is 3.07. The van der Waals surface area contributed by atoms with E-state index in [2.05, 4.69) is 20.4 Å². The molecule has 1 fully saturated rings. The van der Waals surface area contributed by atoms with Gasteiger partial charge in [-0.15, -0.1) is 0 Å². The van der Waals surface area contributed by atoms with Crippen molar-refractivity contribution in [2.75, 3.05) is 24.5 Å². The second-order valence-corrected chi connectivity index (χ2v) is 7.09. The Morgan fingerprint density at radius 3 is 2.86 bits per heavy atom. The van der Waals surface area contributed by atoms with Crippen LogP contribution in [-0.4, -0.2) is 39.3 Å². The zero-order chi connectivity index (χ0) is 19.8. The molecule has 8 nitrogen and oxygen atoms in total. The number of anilines is 1. The minimum Gasteiger partial charge on any atom is -0.356 e. The predicted octanol–water partition coefficient (Wildman–Crippen LogP) is 2.13. The van der Waals surface area contributed by atoms with Crippen LogP contribution in [0.5, 0.6) is 0 Å². The Kier molecular flexibility index (Phi) is 4.33. The van der Waals surface area contributed by atoms with E-state index in [4.69, 9.17) is 9.51 Å². The molecule has 0 radical (unpaired) electrons. The number of fused-ring (bicyclic) bond motifs is 1. The summed E-state index contributed by atoms with van der Waals surface area (Å²) in [5.74, 6) is 0.642. The lowest BCUT2D eigenvalue weighted by molar-refractivity contribution is 0.402.